The van der Waals surface area contributed by atoms with Gasteiger partial charge in [-0.25, -0.2) is 4.98 Å². The molecule has 0 saturated carbocycles. The van der Waals surface area contributed by atoms with Crippen LogP contribution in [0.25, 0.3) is 22.2 Å². The Balaban J connectivity index is 1.60. The molecule has 1 unspecified atom stereocenters. The van der Waals surface area contributed by atoms with E-state index in [1.165, 1.54) is 0 Å². The van der Waals surface area contributed by atoms with Gasteiger partial charge in [0.15, 0.2) is 11.5 Å². The van der Waals surface area contributed by atoms with Crippen LogP contribution in [0.3, 0.4) is 0 Å². The second-order valence-corrected chi connectivity index (χ2v) is 7.58. The molecule has 3 heterocycles. The number of piperidine rings is 1. The number of carbonyl (C=O) groups is 1. The predicted molar refractivity (Wildman–Crippen MR) is 111 cm³/mol. The van der Waals surface area contributed by atoms with Crippen molar-refractivity contribution in [3.8, 4) is 22.8 Å². The second-order valence-electron chi connectivity index (χ2n) is 7.58. The summed E-state index contributed by atoms with van der Waals surface area (Å²) in [6.45, 7) is 2.41. The van der Waals surface area contributed by atoms with Crippen LogP contribution in [0, 0.1) is 0 Å². The minimum absolute atomic E-state index is 0.0116. The van der Waals surface area contributed by atoms with Crippen LogP contribution in [0.2, 0.25) is 0 Å². The maximum absolute atomic E-state index is 13.4. The fraction of sp³-hybridized carbons (Fsp3) is 0.304. The molecular formula is C23H23N3O3. The van der Waals surface area contributed by atoms with Gasteiger partial charge in [0.25, 0.3) is 5.91 Å². The molecule has 2 aliphatic rings. The Kier molecular flexibility index (Phi) is 4.56. The zero-order chi connectivity index (χ0) is 19.8. The van der Waals surface area contributed by atoms with E-state index in [9.17, 15) is 4.79 Å². The number of pyridine rings is 1. The highest BCUT2D eigenvalue weighted by Gasteiger charge is 2.25. The minimum atomic E-state index is 0.0116. The lowest BCUT2D eigenvalue weighted by Gasteiger charge is -2.31. The molecule has 2 N–H and O–H groups in total. The Labute approximate surface area is 169 Å². The van der Waals surface area contributed by atoms with Gasteiger partial charge in [-0.1, -0.05) is 18.2 Å². The first-order valence-corrected chi connectivity index (χ1v) is 10.0. The van der Waals surface area contributed by atoms with Crippen LogP contribution in [-0.4, -0.2) is 48.1 Å². The molecule has 0 aliphatic carbocycles. The van der Waals surface area contributed by atoms with E-state index >= 15 is 0 Å². The van der Waals surface area contributed by atoms with Gasteiger partial charge in [-0.3, -0.25) is 4.79 Å². The van der Waals surface area contributed by atoms with Crippen LogP contribution in [0.1, 0.15) is 23.2 Å². The molecule has 1 aromatic heterocycles. The van der Waals surface area contributed by atoms with Crippen molar-refractivity contribution >= 4 is 16.8 Å². The lowest BCUT2D eigenvalue weighted by molar-refractivity contribution is 0.0711. The molecule has 1 fully saturated rings. The molecule has 2 aliphatic heterocycles. The summed E-state index contributed by atoms with van der Waals surface area (Å²) in [6.07, 6.45) is 1.90. The summed E-state index contributed by atoms with van der Waals surface area (Å²) in [4.78, 5) is 20.0. The van der Waals surface area contributed by atoms with Crippen molar-refractivity contribution in [3.63, 3.8) is 0 Å². The number of para-hydroxylation sites is 1. The molecule has 5 rings (SSSR count). The number of nitrogens with zero attached hydrogens (tertiary/aromatic N) is 2. The summed E-state index contributed by atoms with van der Waals surface area (Å²) in [5, 5.41) is 0.859. The monoisotopic (exact) mass is 389 g/mol. The van der Waals surface area contributed by atoms with E-state index in [0.717, 1.165) is 47.3 Å². The average Bonchev–Trinajstić information content (AvgIpc) is 2.77. The molecule has 1 amide bonds. The second kappa shape index (κ2) is 7.37. The number of aromatic nitrogens is 1. The van der Waals surface area contributed by atoms with Gasteiger partial charge >= 0.3 is 0 Å². The number of ether oxygens (including phenoxy) is 2. The van der Waals surface area contributed by atoms with E-state index in [1.807, 2.05) is 53.4 Å². The van der Waals surface area contributed by atoms with Gasteiger partial charge in [-0.15, -0.1) is 0 Å². The molecule has 1 saturated heterocycles. The van der Waals surface area contributed by atoms with E-state index in [-0.39, 0.29) is 11.9 Å². The predicted octanol–water partition coefficient (Wildman–Crippen LogP) is 3.24. The first-order valence-electron chi connectivity index (χ1n) is 10.0. The van der Waals surface area contributed by atoms with E-state index in [2.05, 4.69) is 0 Å². The van der Waals surface area contributed by atoms with E-state index in [1.54, 1.807) is 0 Å². The standard InChI is InChI=1S/C23H23N3O3/c24-16-4-3-9-26(14-16)23(27)18-13-20(25-19-6-2-1-5-17(18)19)15-7-8-21-22(12-15)29-11-10-28-21/h1-2,5-8,12-13,16H,3-4,9-11,14,24H2. The highest BCUT2D eigenvalue weighted by atomic mass is 16.6. The normalized spacial score (nSPS) is 18.7. The number of amides is 1. The van der Waals surface area contributed by atoms with Crippen LogP contribution in [0.15, 0.2) is 48.5 Å². The fourth-order valence-corrected chi connectivity index (χ4v) is 4.07. The Morgan fingerprint density at radius 2 is 1.90 bits per heavy atom. The van der Waals surface area contributed by atoms with Crippen molar-refractivity contribution in [1.29, 1.82) is 0 Å². The van der Waals surface area contributed by atoms with Gasteiger partial charge in [-0.2, -0.15) is 0 Å². The van der Waals surface area contributed by atoms with Gasteiger partial charge in [0.1, 0.15) is 13.2 Å². The van der Waals surface area contributed by atoms with Crippen molar-refractivity contribution in [2.24, 2.45) is 5.73 Å². The molecular weight excluding hydrogens is 366 g/mol. The molecule has 3 aromatic rings. The van der Waals surface area contributed by atoms with Gasteiger partial charge in [0.2, 0.25) is 0 Å². The molecule has 0 bridgehead atoms. The van der Waals surface area contributed by atoms with Crippen molar-refractivity contribution in [1.82, 2.24) is 9.88 Å². The topological polar surface area (TPSA) is 77.7 Å². The fourth-order valence-electron chi connectivity index (χ4n) is 4.07. The van der Waals surface area contributed by atoms with Crippen LogP contribution >= 0.6 is 0 Å². The summed E-state index contributed by atoms with van der Waals surface area (Å²) < 4.78 is 11.3. The largest absolute Gasteiger partial charge is 0.486 e. The first kappa shape index (κ1) is 17.9. The van der Waals surface area contributed by atoms with Crippen molar-refractivity contribution in [2.45, 2.75) is 18.9 Å². The SMILES string of the molecule is NC1CCCN(C(=O)c2cc(-c3ccc4c(c3)OCCO4)nc3ccccc23)C1. The number of nitrogens with two attached hydrogens (primary N) is 1. The van der Waals surface area contributed by atoms with Crippen LogP contribution in [-0.2, 0) is 0 Å². The average molecular weight is 389 g/mol. The third-order valence-electron chi connectivity index (χ3n) is 5.53. The molecule has 0 spiro atoms. The summed E-state index contributed by atoms with van der Waals surface area (Å²) in [5.41, 5.74) is 9.20. The van der Waals surface area contributed by atoms with Gasteiger partial charge in [0, 0.05) is 30.1 Å². The lowest BCUT2D eigenvalue weighted by atomic mass is 10.0. The zero-order valence-corrected chi connectivity index (χ0v) is 16.1. The van der Waals surface area contributed by atoms with Gasteiger partial charge < -0.3 is 20.1 Å². The molecule has 1 atom stereocenters. The van der Waals surface area contributed by atoms with Crippen LogP contribution in [0.5, 0.6) is 11.5 Å². The maximum Gasteiger partial charge on any atom is 0.254 e. The molecule has 6 heteroatoms. The van der Waals surface area contributed by atoms with Crippen molar-refractivity contribution < 1.29 is 14.3 Å². The smallest absolute Gasteiger partial charge is 0.254 e. The Morgan fingerprint density at radius 3 is 2.76 bits per heavy atom. The quantitative estimate of drug-likeness (QED) is 0.728. The Bertz CT molecular complexity index is 1080. The number of carbonyl (C=O) groups excluding carboxylic acids is 1. The summed E-state index contributed by atoms with van der Waals surface area (Å²) in [5.74, 6) is 1.45. The van der Waals surface area contributed by atoms with Crippen LogP contribution in [0.4, 0.5) is 0 Å². The van der Waals surface area contributed by atoms with Gasteiger partial charge in [0.05, 0.1) is 16.8 Å². The van der Waals surface area contributed by atoms with E-state index < -0.39 is 0 Å². The summed E-state index contributed by atoms with van der Waals surface area (Å²) >= 11 is 0. The Morgan fingerprint density at radius 1 is 1.07 bits per heavy atom. The highest BCUT2D eigenvalue weighted by molar-refractivity contribution is 6.07. The van der Waals surface area contributed by atoms with Gasteiger partial charge in [-0.05, 0) is 43.2 Å². The van der Waals surface area contributed by atoms with E-state index in [0.29, 0.717) is 31.1 Å². The highest BCUT2D eigenvalue weighted by Crippen LogP contribution is 2.35. The van der Waals surface area contributed by atoms with Crippen molar-refractivity contribution in [2.75, 3.05) is 26.3 Å². The Hall–Kier alpha value is -3.12. The third kappa shape index (κ3) is 3.40. The third-order valence-corrected chi connectivity index (χ3v) is 5.53. The molecule has 29 heavy (non-hydrogen) atoms. The van der Waals surface area contributed by atoms with Crippen molar-refractivity contribution in [3.05, 3.63) is 54.1 Å². The lowest BCUT2D eigenvalue weighted by Crippen LogP contribution is -2.45. The number of hydrogen-bond donors (Lipinski definition) is 1. The number of likely N-dealkylation sites (tertiary alicyclic amines) is 1. The minimum Gasteiger partial charge on any atom is -0.486 e. The number of fused-ring (bicyclic) bond motifs is 2. The number of rotatable bonds is 2. The summed E-state index contributed by atoms with van der Waals surface area (Å²) in [7, 11) is 0. The zero-order valence-electron chi connectivity index (χ0n) is 16.1. The number of benzene rings is 2. The molecule has 148 valence electrons. The van der Waals surface area contributed by atoms with Crippen LogP contribution < -0.4 is 15.2 Å². The molecule has 2 aromatic carbocycles. The van der Waals surface area contributed by atoms with E-state index in [4.69, 9.17) is 20.2 Å². The summed E-state index contributed by atoms with van der Waals surface area (Å²) in [6, 6.07) is 15.5. The number of hydrogen-bond acceptors (Lipinski definition) is 5. The molecule has 6 nitrogen and oxygen atoms in total. The first-order chi connectivity index (χ1) is 14.2. The maximum atomic E-state index is 13.4. The molecule has 0 radical (unpaired) electrons.